The molecule has 9 heteroatoms. The van der Waals surface area contributed by atoms with Crippen molar-refractivity contribution >= 4 is 17.2 Å². The highest BCUT2D eigenvalue weighted by atomic mass is 32.1. The molecule has 1 amide bonds. The molecule has 3 aromatic heterocycles. The van der Waals surface area contributed by atoms with Gasteiger partial charge < -0.3 is 19.3 Å². The van der Waals surface area contributed by atoms with Crippen molar-refractivity contribution in [3.8, 4) is 0 Å². The molecule has 1 unspecified atom stereocenters. The zero-order valence-corrected chi connectivity index (χ0v) is 17.8. The number of hydrogen-bond acceptors (Lipinski definition) is 7. The van der Waals surface area contributed by atoms with Gasteiger partial charge in [-0.15, -0.1) is 11.3 Å². The van der Waals surface area contributed by atoms with E-state index in [1.807, 2.05) is 43.4 Å². The molecule has 1 N–H and O–H groups in total. The normalized spacial score (nSPS) is 12.3. The number of likely N-dealkylation sites (N-methyl/N-ethyl adjacent to an activating group) is 1. The van der Waals surface area contributed by atoms with Crippen molar-refractivity contribution in [2.45, 2.75) is 32.9 Å². The Morgan fingerprint density at radius 1 is 1.38 bits per heavy atom. The van der Waals surface area contributed by atoms with Gasteiger partial charge in [-0.1, -0.05) is 11.2 Å². The molecule has 3 heterocycles. The van der Waals surface area contributed by atoms with E-state index < -0.39 is 5.91 Å². The minimum atomic E-state index is -0.441. The van der Waals surface area contributed by atoms with Gasteiger partial charge in [-0.2, -0.15) is 4.98 Å². The van der Waals surface area contributed by atoms with Crippen LogP contribution in [-0.2, 0) is 13.0 Å². The first-order valence-electron chi connectivity index (χ1n) is 9.33. The first-order valence-corrected chi connectivity index (χ1v) is 10.2. The molecule has 3 rings (SSSR count). The lowest BCUT2D eigenvalue weighted by molar-refractivity contribution is 0.0946. The summed E-state index contributed by atoms with van der Waals surface area (Å²) in [6.07, 6.45) is 2.30. The predicted molar refractivity (Wildman–Crippen MR) is 111 cm³/mol. The molecular weight excluding hydrogens is 390 g/mol. The van der Waals surface area contributed by atoms with Crippen LogP contribution in [0.4, 0.5) is 0 Å². The summed E-state index contributed by atoms with van der Waals surface area (Å²) in [6.45, 7) is 4.49. The predicted octanol–water partition coefficient (Wildman–Crippen LogP) is 2.24. The Bertz CT molecular complexity index is 1020. The van der Waals surface area contributed by atoms with Gasteiger partial charge in [0.25, 0.3) is 11.5 Å². The molecule has 0 bridgehead atoms. The van der Waals surface area contributed by atoms with Gasteiger partial charge in [0.1, 0.15) is 5.56 Å². The number of aryl methyl sites for hydroxylation is 1. The third-order valence-electron chi connectivity index (χ3n) is 4.48. The Labute approximate surface area is 173 Å². The summed E-state index contributed by atoms with van der Waals surface area (Å²) >= 11 is 1.62. The third-order valence-corrected chi connectivity index (χ3v) is 5.36. The average Bonchev–Trinajstić information content (AvgIpc) is 3.31. The standard InChI is InChI=1S/C20H25N5O3S/c1-13-7-8-25(14(2)12-24(3)4)20(27)18(13)19(26)21-11-16-22-17(28-23-16)10-15-6-5-9-29-15/h5-9,14H,10-12H2,1-4H3,(H,21,26). The molecule has 0 saturated carbocycles. The van der Waals surface area contributed by atoms with Gasteiger partial charge in [-0.3, -0.25) is 9.59 Å². The first-order chi connectivity index (χ1) is 13.8. The van der Waals surface area contributed by atoms with E-state index in [4.69, 9.17) is 4.52 Å². The molecule has 0 aliphatic rings. The zero-order chi connectivity index (χ0) is 21.0. The molecule has 0 radical (unpaired) electrons. The summed E-state index contributed by atoms with van der Waals surface area (Å²) in [6, 6.07) is 5.69. The smallest absolute Gasteiger partial charge is 0.263 e. The van der Waals surface area contributed by atoms with Crippen molar-refractivity contribution in [3.05, 3.63) is 67.8 Å². The fourth-order valence-corrected chi connectivity index (χ4v) is 3.82. The van der Waals surface area contributed by atoms with Gasteiger partial charge >= 0.3 is 0 Å². The molecule has 0 aromatic carbocycles. The van der Waals surface area contributed by atoms with E-state index in [0.717, 1.165) is 4.88 Å². The van der Waals surface area contributed by atoms with Crippen LogP contribution in [0.1, 0.15) is 45.5 Å². The van der Waals surface area contributed by atoms with Crippen LogP contribution in [0.15, 0.2) is 39.1 Å². The summed E-state index contributed by atoms with van der Waals surface area (Å²) < 4.78 is 6.83. The number of amides is 1. The summed E-state index contributed by atoms with van der Waals surface area (Å²) in [5, 5.41) is 8.62. The number of nitrogens with one attached hydrogen (secondary N) is 1. The highest BCUT2D eigenvalue weighted by Crippen LogP contribution is 2.13. The number of hydrogen-bond donors (Lipinski definition) is 1. The number of carbonyl (C=O) groups excluding carboxylic acids is 1. The maximum atomic E-state index is 12.9. The van der Waals surface area contributed by atoms with Crippen LogP contribution in [0.5, 0.6) is 0 Å². The Morgan fingerprint density at radius 2 is 2.17 bits per heavy atom. The van der Waals surface area contributed by atoms with Crippen LogP contribution in [0, 0.1) is 6.92 Å². The fraction of sp³-hybridized carbons (Fsp3) is 0.400. The van der Waals surface area contributed by atoms with Crippen molar-refractivity contribution in [3.63, 3.8) is 0 Å². The molecule has 0 spiro atoms. The van der Waals surface area contributed by atoms with Crippen LogP contribution in [0.2, 0.25) is 0 Å². The molecule has 154 valence electrons. The van der Waals surface area contributed by atoms with Gasteiger partial charge in [0, 0.05) is 23.7 Å². The van der Waals surface area contributed by atoms with Crippen molar-refractivity contribution in [2.24, 2.45) is 0 Å². The number of rotatable bonds is 8. The van der Waals surface area contributed by atoms with Crippen LogP contribution in [0.25, 0.3) is 0 Å². The summed E-state index contributed by atoms with van der Waals surface area (Å²) in [5.74, 6) is 0.427. The summed E-state index contributed by atoms with van der Waals surface area (Å²) in [4.78, 5) is 33.0. The second-order valence-electron chi connectivity index (χ2n) is 7.24. The molecular formula is C20H25N5O3S. The third kappa shape index (κ3) is 5.18. The lowest BCUT2D eigenvalue weighted by Crippen LogP contribution is -2.36. The van der Waals surface area contributed by atoms with E-state index in [1.54, 1.807) is 35.1 Å². The lowest BCUT2D eigenvalue weighted by Gasteiger charge is -2.20. The Morgan fingerprint density at radius 3 is 2.86 bits per heavy atom. The molecule has 0 fully saturated rings. The molecule has 0 saturated heterocycles. The number of nitrogens with zero attached hydrogens (tertiary/aromatic N) is 4. The second-order valence-corrected chi connectivity index (χ2v) is 8.27. The van der Waals surface area contributed by atoms with Gasteiger partial charge in [0.15, 0.2) is 5.82 Å². The Hall–Kier alpha value is -2.78. The number of thiophene rings is 1. The summed E-state index contributed by atoms with van der Waals surface area (Å²) in [7, 11) is 3.89. The number of carbonyl (C=O) groups is 1. The van der Waals surface area contributed by atoms with Gasteiger partial charge in [-0.25, -0.2) is 0 Å². The molecule has 0 aliphatic heterocycles. The molecule has 8 nitrogen and oxygen atoms in total. The van der Waals surface area contributed by atoms with Gasteiger partial charge in [0.2, 0.25) is 5.89 Å². The lowest BCUT2D eigenvalue weighted by atomic mass is 10.1. The molecule has 1 atom stereocenters. The fourth-order valence-electron chi connectivity index (χ4n) is 3.12. The minimum Gasteiger partial charge on any atom is -0.344 e. The molecule has 0 aliphatic carbocycles. The topological polar surface area (TPSA) is 93.3 Å². The van der Waals surface area contributed by atoms with Crippen molar-refractivity contribution in [2.75, 3.05) is 20.6 Å². The second kappa shape index (κ2) is 9.15. The number of aromatic nitrogens is 3. The van der Waals surface area contributed by atoms with Crippen molar-refractivity contribution in [1.29, 1.82) is 0 Å². The molecule has 29 heavy (non-hydrogen) atoms. The maximum absolute atomic E-state index is 12.9. The quantitative estimate of drug-likeness (QED) is 0.607. The zero-order valence-electron chi connectivity index (χ0n) is 17.0. The Kier molecular flexibility index (Phi) is 6.60. The first kappa shape index (κ1) is 20.9. The SMILES string of the molecule is Cc1ccn(C(C)CN(C)C)c(=O)c1C(=O)NCc1noc(Cc2cccs2)n1. The van der Waals surface area contributed by atoms with Crippen LogP contribution < -0.4 is 10.9 Å². The minimum absolute atomic E-state index is 0.0540. The average molecular weight is 416 g/mol. The van der Waals surface area contributed by atoms with E-state index >= 15 is 0 Å². The monoisotopic (exact) mass is 415 g/mol. The van der Waals surface area contributed by atoms with Gasteiger partial charge in [-0.05, 0) is 51.0 Å². The van der Waals surface area contributed by atoms with Crippen molar-refractivity contribution in [1.82, 2.24) is 24.9 Å². The summed E-state index contributed by atoms with van der Waals surface area (Å²) in [5.41, 5.74) is 0.469. The maximum Gasteiger partial charge on any atom is 0.263 e. The van der Waals surface area contributed by atoms with E-state index in [-0.39, 0.29) is 23.7 Å². The van der Waals surface area contributed by atoms with E-state index in [0.29, 0.717) is 30.2 Å². The largest absolute Gasteiger partial charge is 0.344 e. The molecule has 3 aromatic rings. The highest BCUT2D eigenvalue weighted by Gasteiger charge is 2.19. The van der Waals surface area contributed by atoms with Crippen LogP contribution in [0.3, 0.4) is 0 Å². The van der Waals surface area contributed by atoms with Crippen molar-refractivity contribution < 1.29 is 9.32 Å². The van der Waals surface area contributed by atoms with E-state index in [2.05, 4.69) is 15.5 Å². The number of pyridine rings is 1. The van der Waals surface area contributed by atoms with Crippen LogP contribution >= 0.6 is 11.3 Å². The van der Waals surface area contributed by atoms with Gasteiger partial charge in [0.05, 0.1) is 13.0 Å². The van der Waals surface area contributed by atoms with Crippen LogP contribution in [-0.4, -0.2) is 46.2 Å². The Balaban J connectivity index is 1.69. The van der Waals surface area contributed by atoms with E-state index in [9.17, 15) is 9.59 Å². The highest BCUT2D eigenvalue weighted by molar-refractivity contribution is 7.09. The van der Waals surface area contributed by atoms with E-state index in [1.165, 1.54) is 0 Å².